The molecule has 0 atom stereocenters. The van der Waals surface area contributed by atoms with E-state index < -0.39 is 0 Å². The number of hydrogen-bond donors (Lipinski definition) is 1. The van der Waals surface area contributed by atoms with Crippen LogP contribution in [-0.2, 0) is 6.54 Å². The Labute approximate surface area is 123 Å². The number of ether oxygens (including phenoxy) is 2. The van der Waals surface area contributed by atoms with Gasteiger partial charge in [0.2, 0.25) is 5.88 Å². The Hall–Kier alpha value is -1.78. The van der Waals surface area contributed by atoms with Crippen LogP contribution in [0.5, 0.6) is 17.4 Å². The van der Waals surface area contributed by atoms with E-state index in [0.717, 1.165) is 17.7 Å². The molecule has 2 aromatic rings. The normalized spacial score (nSPS) is 10.3. The van der Waals surface area contributed by atoms with E-state index in [1.165, 1.54) is 6.20 Å². The van der Waals surface area contributed by atoms with Crippen molar-refractivity contribution in [2.75, 3.05) is 6.61 Å². The first-order chi connectivity index (χ1) is 9.72. The predicted octanol–water partition coefficient (Wildman–Crippen LogP) is 3.77. The number of aromatic nitrogens is 1. The van der Waals surface area contributed by atoms with Crippen LogP contribution in [0.1, 0.15) is 18.9 Å². The van der Waals surface area contributed by atoms with Crippen LogP contribution in [0.25, 0.3) is 0 Å². The fourth-order valence-electron chi connectivity index (χ4n) is 1.62. The summed E-state index contributed by atoms with van der Waals surface area (Å²) < 4.78 is 11.2. The van der Waals surface area contributed by atoms with E-state index in [4.69, 9.17) is 26.8 Å². The van der Waals surface area contributed by atoms with Gasteiger partial charge in [-0.1, -0.05) is 18.5 Å². The maximum Gasteiger partial charge on any atom is 0.219 e. The van der Waals surface area contributed by atoms with Gasteiger partial charge in [-0.25, -0.2) is 4.98 Å². The molecule has 4 nitrogen and oxygen atoms in total. The van der Waals surface area contributed by atoms with Gasteiger partial charge in [-0.3, -0.25) is 0 Å². The highest BCUT2D eigenvalue weighted by atomic mass is 35.5. The Morgan fingerprint density at radius 2 is 1.90 bits per heavy atom. The summed E-state index contributed by atoms with van der Waals surface area (Å²) in [5.74, 6) is 1.98. The van der Waals surface area contributed by atoms with Gasteiger partial charge in [0.05, 0.1) is 11.6 Å². The first kappa shape index (κ1) is 14.6. The second-order valence-electron chi connectivity index (χ2n) is 4.24. The molecule has 0 aliphatic carbocycles. The smallest absolute Gasteiger partial charge is 0.219 e. The lowest BCUT2D eigenvalue weighted by atomic mass is 10.2. The van der Waals surface area contributed by atoms with Crippen LogP contribution in [0.4, 0.5) is 0 Å². The highest BCUT2D eigenvalue weighted by molar-refractivity contribution is 6.31. The molecular weight excluding hydrogens is 276 g/mol. The molecule has 2 rings (SSSR count). The molecule has 0 fully saturated rings. The molecule has 0 amide bonds. The SMILES string of the molecule is CCCOc1ccc(Oc2cc(CN)c(Cl)cn2)cc1. The van der Waals surface area contributed by atoms with Gasteiger partial charge < -0.3 is 15.2 Å². The van der Waals surface area contributed by atoms with E-state index in [2.05, 4.69) is 11.9 Å². The van der Waals surface area contributed by atoms with Crippen molar-refractivity contribution in [3.05, 3.63) is 47.1 Å². The monoisotopic (exact) mass is 292 g/mol. The van der Waals surface area contributed by atoms with Crippen LogP contribution >= 0.6 is 11.6 Å². The first-order valence-corrected chi connectivity index (χ1v) is 6.86. The summed E-state index contributed by atoms with van der Waals surface area (Å²) in [6, 6.07) is 9.14. The molecule has 0 aliphatic rings. The van der Waals surface area contributed by atoms with Crippen LogP contribution in [0.15, 0.2) is 36.5 Å². The molecule has 0 spiro atoms. The van der Waals surface area contributed by atoms with Gasteiger partial charge in [0.1, 0.15) is 11.5 Å². The third-order valence-corrected chi connectivity index (χ3v) is 2.99. The zero-order valence-electron chi connectivity index (χ0n) is 11.3. The standard InChI is InChI=1S/C15H17ClN2O2/c1-2-7-19-12-3-5-13(6-4-12)20-15-8-11(9-17)14(16)10-18-15/h3-6,8,10H,2,7,9,17H2,1H3. The average molecular weight is 293 g/mol. The summed E-state index contributed by atoms with van der Waals surface area (Å²) in [5.41, 5.74) is 6.40. The zero-order valence-corrected chi connectivity index (χ0v) is 12.1. The highest BCUT2D eigenvalue weighted by Gasteiger charge is 2.04. The van der Waals surface area contributed by atoms with Crippen LogP contribution in [0.3, 0.4) is 0 Å². The average Bonchev–Trinajstić information content (AvgIpc) is 2.48. The summed E-state index contributed by atoms with van der Waals surface area (Å²) in [5, 5.41) is 0.545. The molecule has 106 valence electrons. The van der Waals surface area contributed by atoms with Gasteiger partial charge in [-0.2, -0.15) is 0 Å². The van der Waals surface area contributed by atoms with Crippen LogP contribution in [-0.4, -0.2) is 11.6 Å². The molecule has 2 N–H and O–H groups in total. The van der Waals surface area contributed by atoms with E-state index in [9.17, 15) is 0 Å². The molecule has 1 heterocycles. The lowest BCUT2D eigenvalue weighted by molar-refractivity contribution is 0.317. The quantitative estimate of drug-likeness (QED) is 0.880. The second-order valence-corrected chi connectivity index (χ2v) is 4.65. The van der Waals surface area contributed by atoms with Crippen LogP contribution < -0.4 is 15.2 Å². The van der Waals surface area contributed by atoms with Gasteiger partial charge >= 0.3 is 0 Å². The van der Waals surface area contributed by atoms with Crippen molar-refractivity contribution in [2.45, 2.75) is 19.9 Å². The molecule has 0 saturated carbocycles. The minimum absolute atomic E-state index is 0.349. The molecule has 0 unspecified atom stereocenters. The summed E-state index contributed by atoms with van der Waals surface area (Å²) in [6.07, 6.45) is 2.52. The van der Waals surface area contributed by atoms with Crippen LogP contribution in [0, 0.1) is 0 Å². The fraction of sp³-hybridized carbons (Fsp3) is 0.267. The van der Waals surface area contributed by atoms with Crippen molar-refractivity contribution >= 4 is 11.6 Å². The molecule has 0 radical (unpaired) electrons. The van der Waals surface area contributed by atoms with Crippen LogP contribution in [0.2, 0.25) is 5.02 Å². The maximum atomic E-state index is 5.95. The van der Waals surface area contributed by atoms with Gasteiger partial charge in [-0.15, -0.1) is 0 Å². The Kier molecular flexibility index (Phi) is 5.21. The maximum absolute atomic E-state index is 5.95. The summed E-state index contributed by atoms with van der Waals surface area (Å²) in [4.78, 5) is 4.11. The van der Waals surface area contributed by atoms with Gasteiger partial charge in [-0.05, 0) is 36.2 Å². The molecule has 5 heteroatoms. The number of nitrogens with two attached hydrogens (primary N) is 1. The molecule has 1 aromatic heterocycles. The largest absolute Gasteiger partial charge is 0.494 e. The Morgan fingerprint density at radius 1 is 1.20 bits per heavy atom. The Morgan fingerprint density at radius 3 is 2.55 bits per heavy atom. The minimum Gasteiger partial charge on any atom is -0.494 e. The number of rotatable bonds is 6. The lowest BCUT2D eigenvalue weighted by Gasteiger charge is -2.08. The number of benzene rings is 1. The molecule has 0 aliphatic heterocycles. The van der Waals surface area contributed by atoms with E-state index in [-0.39, 0.29) is 0 Å². The second kappa shape index (κ2) is 7.12. The molecule has 1 aromatic carbocycles. The van der Waals surface area contributed by atoms with Gasteiger partial charge in [0, 0.05) is 18.8 Å². The minimum atomic E-state index is 0.349. The van der Waals surface area contributed by atoms with Crippen molar-refractivity contribution in [3.63, 3.8) is 0 Å². The molecule has 0 bridgehead atoms. The van der Waals surface area contributed by atoms with Crippen molar-refractivity contribution in [3.8, 4) is 17.4 Å². The number of hydrogen-bond acceptors (Lipinski definition) is 4. The topological polar surface area (TPSA) is 57.4 Å². The van der Waals surface area contributed by atoms with Gasteiger partial charge in [0.15, 0.2) is 0 Å². The number of halogens is 1. The summed E-state index contributed by atoms with van der Waals surface area (Å²) >= 11 is 5.95. The molecule has 20 heavy (non-hydrogen) atoms. The molecule has 0 saturated heterocycles. The van der Waals surface area contributed by atoms with Crippen molar-refractivity contribution in [2.24, 2.45) is 5.73 Å². The van der Waals surface area contributed by atoms with Crippen molar-refractivity contribution in [1.82, 2.24) is 4.98 Å². The van der Waals surface area contributed by atoms with Gasteiger partial charge in [0.25, 0.3) is 0 Å². The summed E-state index contributed by atoms with van der Waals surface area (Å²) in [6.45, 7) is 3.12. The Balaban J connectivity index is 2.06. The fourth-order valence-corrected chi connectivity index (χ4v) is 1.80. The number of pyridine rings is 1. The summed E-state index contributed by atoms with van der Waals surface area (Å²) in [7, 11) is 0. The highest BCUT2D eigenvalue weighted by Crippen LogP contribution is 2.25. The van der Waals surface area contributed by atoms with E-state index in [1.54, 1.807) is 6.07 Å². The number of nitrogens with zero attached hydrogens (tertiary/aromatic N) is 1. The predicted molar refractivity (Wildman–Crippen MR) is 79.4 cm³/mol. The van der Waals surface area contributed by atoms with E-state index >= 15 is 0 Å². The van der Waals surface area contributed by atoms with Crippen molar-refractivity contribution in [1.29, 1.82) is 0 Å². The third kappa shape index (κ3) is 3.85. The third-order valence-electron chi connectivity index (χ3n) is 2.65. The molecular formula is C15H17ClN2O2. The van der Waals surface area contributed by atoms with E-state index in [0.29, 0.717) is 29.8 Å². The first-order valence-electron chi connectivity index (χ1n) is 6.48. The Bertz CT molecular complexity index is 558. The lowest BCUT2D eigenvalue weighted by Crippen LogP contribution is -1.99. The van der Waals surface area contributed by atoms with E-state index in [1.807, 2.05) is 24.3 Å². The van der Waals surface area contributed by atoms with Crippen molar-refractivity contribution < 1.29 is 9.47 Å². The zero-order chi connectivity index (χ0) is 14.4.